The van der Waals surface area contributed by atoms with E-state index < -0.39 is 11.6 Å². The molecule has 0 saturated heterocycles. The van der Waals surface area contributed by atoms with E-state index in [1.807, 2.05) is 31.2 Å². The molecule has 1 amide bonds. The molecule has 0 atom stereocenters. The van der Waals surface area contributed by atoms with E-state index in [1.54, 1.807) is 32.2 Å². The van der Waals surface area contributed by atoms with Gasteiger partial charge in [-0.25, -0.2) is 10.2 Å². The van der Waals surface area contributed by atoms with Gasteiger partial charge in [0.05, 0.1) is 13.3 Å². The second-order valence-electron chi connectivity index (χ2n) is 6.61. The van der Waals surface area contributed by atoms with Crippen LogP contribution in [-0.4, -0.2) is 29.2 Å². The standard InChI is InChI=1S/C22H22N4O4/c1-14-6-4-7-16(10-14)13-30-20-17(8-5-9-19(20)29-3)12-23-26-21(27)18-11-15(2)24-22(28)25-18/h4-12H,13H2,1-3H3,(H,26,27)(H,24,25,28)/b23-12+. The van der Waals surface area contributed by atoms with Gasteiger partial charge in [0.15, 0.2) is 11.5 Å². The maximum Gasteiger partial charge on any atom is 0.345 e. The smallest absolute Gasteiger partial charge is 0.345 e. The van der Waals surface area contributed by atoms with E-state index in [1.165, 1.54) is 12.3 Å². The number of benzene rings is 2. The van der Waals surface area contributed by atoms with Crippen molar-refractivity contribution >= 4 is 12.1 Å². The summed E-state index contributed by atoms with van der Waals surface area (Å²) in [4.78, 5) is 29.7. The summed E-state index contributed by atoms with van der Waals surface area (Å²) in [5, 5.41) is 3.97. The first-order valence-electron chi connectivity index (χ1n) is 9.23. The third-order valence-electron chi connectivity index (χ3n) is 4.18. The van der Waals surface area contributed by atoms with Crippen molar-refractivity contribution < 1.29 is 14.3 Å². The van der Waals surface area contributed by atoms with Gasteiger partial charge in [0, 0.05) is 11.3 Å². The lowest BCUT2D eigenvalue weighted by Gasteiger charge is -2.13. The van der Waals surface area contributed by atoms with E-state index in [0.29, 0.717) is 29.4 Å². The van der Waals surface area contributed by atoms with Crippen molar-refractivity contribution in [2.75, 3.05) is 7.11 Å². The molecule has 2 aromatic carbocycles. The highest BCUT2D eigenvalue weighted by atomic mass is 16.5. The van der Waals surface area contributed by atoms with Gasteiger partial charge in [0.25, 0.3) is 5.91 Å². The summed E-state index contributed by atoms with van der Waals surface area (Å²) in [6, 6.07) is 14.8. The van der Waals surface area contributed by atoms with Crippen LogP contribution in [0.15, 0.2) is 58.4 Å². The van der Waals surface area contributed by atoms with Crippen molar-refractivity contribution in [3.8, 4) is 11.5 Å². The highest BCUT2D eigenvalue weighted by Gasteiger charge is 2.11. The Balaban J connectivity index is 1.76. The van der Waals surface area contributed by atoms with Gasteiger partial charge in [0.2, 0.25) is 0 Å². The Hall–Kier alpha value is -3.94. The number of carbonyl (C=O) groups is 1. The SMILES string of the molecule is COc1cccc(/C=N/NC(=O)c2cc(C)[nH]c(=O)n2)c1OCc1cccc(C)c1. The van der Waals surface area contributed by atoms with Crippen molar-refractivity contribution in [2.24, 2.45) is 5.10 Å². The van der Waals surface area contributed by atoms with E-state index in [0.717, 1.165) is 11.1 Å². The van der Waals surface area contributed by atoms with Crippen molar-refractivity contribution in [1.82, 2.24) is 15.4 Å². The maximum absolute atomic E-state index is 12.2. The molecule has 0 aliphatic carbocycles. The number of amides is 1. The van der Waals surface area contributed by atoms with Gasteiger partial charge in [-0.2, -0.15) is 10.1 Å². The number of hydrogen-bond donors (Lipinski definition) is 2. The first-order chi connectivity index (χ1) is 14.5. The third-order valence-corrected chi connectivity index (χ3v) is 4.18. The number of aromatic amines is 1. The lowest BCUT2D eigenvalue weighted by atomic mass is 10.1. The molecule has 3 aromatic rings. The number of nitrogens with one attached hydrogen (secondary N) is 2. The second kappa shape index (κ2) is 9.51. The van der Waals surface area contributed by atoms with Crippen LogP contribution in [0.2, 0.25) is 0 Å². The van der Waals surface area contributed by atoms with Crippen molar-refractivity contribution in [3.05, 3.63) is 87.1 Å². The van der Waals surface area contributed by atoms with Crippen LogP contribution in [0.1, 0.15) is 32.9 Å². The molecule has 0 unspecified atom stereocenters. The monoisotopic (exact) mass is 406 g/mol. The molecule has 154 valence electrons. The molecule has 0 aliphatic heterocycles. The summed E-state index contributed by atoms with van der Waals surface area (Å²) in [5.74, 6) is 0.458. The van der Waals surface area contributed by atoms with E-state index in [4.69, 9.17) is 9.47 Å². The summed E-state index contributed by atoms with van der Waals surface area (Å²) >= 11 is 0. The molecule has 1 heterocycles. The van der Waals surface area contributed by atoms with Gasteiger partial charge < -0.3 is 14.5 Å². The van der Waals surface area contributed by atoms with E-state index in [-0.39, 0.29) is 5.69 Å². The Kier molecular flexibility index (Phi) is 6.59. The molecule has 8 nitrogen and oxygen atoms in total. The number of aromatic nitrogens is 2. The minimum absolute atomic E-state index is 0.0186. The number of H-pyrrole nitrogens is 1. The van der Waals surface area contributed by atoms with E-state index in [9.17, 15) is 9.59 Å². The Morgan fingerprint density at radius 1 is 1.20 bits per heavy atom. The van der Waals surface area contributed by atoms with E-state index in [2.05, 4.69) is 20.5 Å². The number of para-hydroxylation sites is 1. The first kappa shape index (κ1) is 20.8. The summed E-state index contributed by atoms with van der Waals surface area (Å²) in [6.07, 6.45) is 1.45. The van der Waals surface area contributed by atoms with Crippen LogP contribution < -0.4 is 20.6 Å². The Labute approximate surface area is 173 Å². The third kappa shape index (κ3) is 5.32. The molecule has 30 heavy (non-hydrogen) atoms. The number of rotatable bonds is 7. The summed E-state index contributed by atoms with van der Waals surface area (Å²) in [6.45, 7) is 4.03. The van der Waals surface area contributed by atoms with Gasteiger partial charge >= 0.3 is 5.69 Å². The second-order valence-corrected chi connectivity index (χ2v) is 6.61. The Bertz CT molecular complexity index is 1140. The maximum atomic E-state index is 12.2. The highest BCUT2D eigenvalue weighted by molar-refractivity contribution is 5.93. The predicted molar refractivity (Wildman–Crippen MR) is 113 cm³/mol. The molecule has 1 aromatic heterocycles. The number of aryl methyl sites for hydroxylation is 2. The van der Waals surface area contributed by atoms with Crippen LogP contribution >= 0.6 is 0 Å². The van der Waals surface area contributed by atoms with Gasteiger partial charge in [0.1, 0.15) is 12.3 Å². The topological polar surface area (TPSA) is 106 Å². The number of methoxy groups -OCH3 is 1. The van der Waals surface area contributed by atoms with Crippen LogP contribution in [0.4, 0.5) is 0 Å². The number of carbonyl (C=O) groups excluding carboxylic acids is 1. The molecule has 0 aliphatic rings. The minimum atomic E-state index is -0.594. The Morgan fingerprint density at radius 3 is 2.73 bits per heavy atom. The molecule has 0 saturated carbocycles. The zero-order valence-corrected chi connectivity index (χ0v) is 16.9. The van der Waals surface area contributed by atoms with Gasteiger partial charge in [-0.05, 0) is 37.6 Å². The molecule has 8 heteroatoms. The number of hydrogen-bond acceptors (Lipinski definition) is 6. The fourth-order valence-electron chi connectivity index (χ4n) is 2.82. The van der Waals surface area contributed by atoms with Crippen molar-refractivity contribution in [1.29, 1.82) is 0 Å². The van der Waals surface area contributed by atoms with Crippen LogP contribution in [0.5, 0.6) is 11.5 Å². The molecule has 0 bridgehead atoms. The molecule has 3 rings (SSSR count). The zero-order valence-electron chi connectivity index (χ0n) is 16.9. The molecule has 0 radical (unpaired) electrons. The number of nitrogens with zero attached hydrogens (tertiary/aromatic N) is 2. The molecule has 0 fully saturated rings. The van der Waals surface area contributed by atoms with Crippen LogP contribution in [-0.2, 0) is 6.61 Å². The number of hydrazone groups is 1. The van der Waals surface area contributed by atoms with Crippen molar-refractivity contribution in [2.45, 2.75) is 20.5 Å². The zero-order chi connectivity index (χ0) is 21.5. The summed E-state index contributed by atoms with van der Waals surface area (Å²) in [7, 11) is 1.55. The van der Waals surface area contributed by atoms with Crippen LogP contribution in [0, 0.1) is 13.8 Å². The van der Waals surface area contributed by atoms with Crippen molar-refractivity contribution in [3.63, 3.8) is 0 Å². The Morgan fingerprint density at radius 2 is 2.00 bits per heavy atom. The van der Waals surface area contributed by atoms with Crippen LogP contribution in [0.3, 0.4) is 0 Å². The highest BCUT2D eigenvalue weighted by Crippen LogP contribution is 2.30. The van der Waals surface area contributed by atoms with Gasteiger partial charge in [-0.15, -0.1) is 0 Å². The lowest BCUT2D eigenvalue weighted by molar-refractivity contribution is 0.0949. The summed E-state index contributed by atoms with van der Waals surface area (Å²) < 4.78 is 11.4. The van der Waals surface area contributed by atoms with E-state index >= 15 is 0 Å². The normalized spacial score (nSPS) is 10.8. The summed E-state index contributed by atoms with van der Waals surface area (Å²) in [5.41, 5.74) is 5.07. The molecule has 0 spiro atoms. The van der Waals surface area contributed by atoms with Gasteiger partial charge in [-0.3, -0.25) is 4.79 Å². The first-order valence-corrected chi connectivity index (χ1v) is 9.23. The minimum Gasteiger partial charge on any atom is -0.493 e. The largest absolute Gasteiger partial charge is 0.493 e. The van der Waals surface area contributed by atoms with Crippen LogP contribution in [0.25, 0.3) is 0 Å². The average molecular weight is 406 g/mol. The average Bonchev–Trinajstić information content (AvgIpc) is 2.71. The molecule has 2 N–H and O–H groups in total. The fraction of sp³-hybridized carbons (Fsp3) is 0.182. The number of ether oxygens (including phenoxy) is 2. The fourth-order valence-corrected chi connectivity index (χ4v) is 2.82. The quantitative estimate of drug-likeness (QED) is 0.464. The molecular weight excluding hydrogens is 384 g/mol. The van der Waals surface area contributed by atoms with Gasteiger partial charge in [-0.1, -0.05) is 35.9 Å². The lowest BCUT2D eigenvalue weighted by Crippen LogP contribution is -2.24. The molecular formula is C22H22N4O4. The predicted octanol–water partition coefficient (Wildman–Crippen LogP) is 2.74.